The molecule has 0 radical (unpaired) electrons. The second-order valence-corrected chi connectivity index (χ2v) is 9.42. The molecule has 1 saturated heterocycles. The Balaban J connectivity index is 1.69. The lowest BCUT2D eigenvalue weighted by Gasteiger charge is -2.26. The summed E-state index contributed by atoms with van der Waals surface area (Å²) in [5.74, 6) is -0.894. The summed E-state index contributed by atoms with van der Waals surface area (Å²) in [5.41, 5.74) is 1.46. The first-order chi connectivity index (χ1) is 13.3. The molecule has 0 spiro atoms. The first-order valence-electron chi connectivity index (χ1n) is 9.01. The largest absolute Gasteiger partial charge is 0.274 e. The Labute approximate surface area is 168 Å². The number of nitrogens with zero attached hydrogens (tertiary/aromatic N) is 2. The number of halogens is 1. The van der Waals surface area contributed by atoms with Crippen molar-refractivity contribution in [3.8, 4) is 0 Å². The molecule has 8 heteroatoms. The summed E-state index contributed by atoms with van der Waals surface area (Å²) in [4.78, 5) is 26.8. The summed E-state index contributed by atoms with van der Waals surface area (Å²) >= 11 is 5.87. The van der Waals surface area contributed by atoms with Crippen molar-refractivity contribution in [1.29, 1.82) is 0 Å². The molecule has 1 heterocycles. The highest BCUT2D eigenvalue weighted by Gasteiger charge is 2.51. The molecule has 4 rings (SSSR count). The molecule has 28 heavy (non-hydrogen) atoms. The van der Waals surface area contributed by atoms with Crippen molar-refractivity contribution in [2.75, 3.05) is 4.90 Å². The van der Waals surface area contributed by atoms with Gasteiger partial charge in [-0.2, -0.15) is 4.31 Å². The highest BCUT2D eigenvalue weighted by molar-refractivity contribution is 7.89. The third kappa shape index (κ3) is 3.34. The van der Waals surface area contributed by atoms with Crippen LogP contribution in [0.3, 0.4) is 0 Å². The predicted molar refractivity (Wildman–Crippen MR) is 106 cm³/mol. The van der Waals surface area contributed by atoms with Crippen molar-refractivity contribution in [3.63, 3.8) is 0 Å². The minimum Gasteiger partial charge on any atom is -0.274 e. The SMILES string of the molecule is Cc1ccc(N2C(=O)CC(N(C3CC3)S(=O)(=O)c3ccc(Cl)cc3)C2=O)cc1. The van der Waals surface area contributed by atoms with Gasteiger partial charge in [0.05, 0.1) is 17.0 Å². The Morgan fingerprint density at radius 1 is 1.00 bits per heavy atom. The number of carbonyl (C=O) groups excluding carboxylic acids is 2. The standard InChI is InChI=1S/C20H19ClN2O4S/c1-13-2-6-15(7-3-13)22-19(24)12-18(20(22)25)23(16-8-9-16)28(26,27)17-10-4-14(21)5-11-17/h2-7,10-11,16,18H,8-9,12H2,1H3. The average molecular weight is 419 g/mol. The van der Waals surface area contributed by atoms with Crippen LogP contribution in [0.4, 0.5) is 5.69 Å². The highest BCUT2D eigenvalue weighted by atomic mass is 35.5. The van der Waals surface area contributed by atoms with Crippen LogP contribution in [-0.4, -0.2) is 36.6 Å². The van der Waals surface area contributed by atoms with E-state index in [1.807, 2.05) is 19.1 Å². The molecule has 0 bridgehead atoms. The fraction of sp³-hybridized carbons (Fsp3) is 0.300. The van der Waals surface area contributed by atoms with Gasteiger partial charge in [0, 0.05) is 11.1 Å². The minimum absolute atomic E-state index is 0.0674. The predicted octanol–water partition coefficient (Wildman–Crippen LogP) is 3.13. The van der Waals surface area contributed by atoms with Gasteiger partial charge >= 0.3 is 0 Å². The van der Waals surface area contributed by atoms with Crippen molar-refractivity contribution < 1.29 is 18.0 Å². The van der Waals surface area contributed by atoms with E-state index in [4.69, 9.17) is 11.6 Å². The van der Waals surface area contributed by atoms with E-state index in [9.17, 15) is 18.0 Å². The summed E-state index contributed by atoms with van der Waals surface area (Å²) in [6, 6.07) is 11.6. The smallest absolute Gasteiger partial charge is 0.252 e. The van der Waals surface area contributed by atoms with E-state index >= 15 is 0 Å². The van der Waals surface area contributed by atoms with E-state index in [0.29, 0.717) is 23.6 Å². The van der Waals surface area contributed by atoms with Gasteiger partial charge in [-0.3, -0.25) is 9.59 Å². The van der Waals surface area contributed by atoms with Crippen molar-refractivity contribution in [3.05, 3.63) is 59.1 Å². The first-order valence-corrected chi connectivity index (χ1v) is 10.8. The summed E-state index contributed by atoms with van der Waals surface area (Å²) in [6.07, 6.45) is 1.20. The molecule has 6 nitrogen and oxygen atoms in total. The van der Waals surface area contributed by atoms with Gasteiger partial charge in [0.15, 0.2) is 0 Å². The zero-order valence-electron chi connectivity index (χ0n) is 15.2. The molecule has 1 aliphatic heterocycles. The summed E-state index contributed by atoms with van der Waals surface area (Å²) in [5, 5.41) is 0.426. The van der Waals surface area contributed by atoms with Crippen LogP contribution >= 0.6 is 11.6 Å². The fourth-order valence-electron chi connectivity index (χ4n) is 3.46. The maximum atomic E-state index is 13.3. The van der Waals surface area contributed by atoms with Crippen molar-refractivity contribution >= 4 is 39.1 Å². The van der Waals surface area contributed by atoms with Crippen LogP contribution in [0, 0.1) is 6.92 Å². The van der Waals surface area contributed by atoms with Crippen molar-refractivity contribution in [2.45, 2.75) is 43.2 Å². The number of rotatable bonds is 5. The Kier molecular flexibility index (Phi) is 4.77. The number of aryl methyl sites for hydroxylation is 1. The van der Waals surface area contributed by atoms with Gasteiger partial charge in [0.2, 0.25) is 15.9 Å². The molecule has 0 aromatic heterocycles. The van der Waals surface area contributed by atoms with E-state index in [2.05, 4.69) is 0 Å². The van der Waals surface area contributed by atoms with E-state index in [1.54, 1.807) is 12.1 Å². The molecule has 2 fully saturated rings. The van der Waals surface area contributed by atoms with Crippen LogP contribution in [-0.2, 0) is 19.6 Å². The van der Waals surface area contributed by atoms with Gasteiger partial charge in [-0.1, -0.05) is 29.3 Å². The van der Waals surface area contributed by atoms with E-state index < -0.39 is 27.9 Å². The Hall–Kier alpha value is -2.22. The molecular formula is C20H19ClN2O4S. The second kappa shape index (κ2) is 6.99. The molecule has 1 unspecified atom stereocenters. The minimum atomic E-state index is -3.93. The third-order valence-electron chi connectivity index (χ3n) is 5.02. The maximum absolute atomic E-state index is 13.3. The molecule has 2 aromatic carbocycles. The third-order valence-corrected chi connectivity index (χ3v) is 7.25. The molecular weight excluding hydrogens is 400 g/mol. The van der Waals surface area contributed by atoms with Gasteiger partial charge in [0.25, 0.3) is 5.91 Å². The average Bonchev–Trinajstić information content (AvgIpc) is 3.43. The van der Waals surface area contributed by atoms with E-state index in [1.165, 1.54) is 28.6 Å². The molecule has 1 atom stereocenters. The first kappa shape index (κ1) is 19.1. The van der Waals surface area contributed by atoms with Crippen LogP contribution in [0.25, 0.3) is 0 Å². The van der Waals surface area contributed by atoms with Crippen molar-refractivity contribution in [1.82, 2.24) is 4.31 Å². The molecule has 0 N–H and O–H groups in total. The summed E-state index contributed by atoms with van der Waals surface area (Å²) < 4.78 is 27.7. The molecule has 146 valence electrons. The molecule has 2 aromatic rings. The topological polar surface area (TPSA) is 74.8 Å². The fourth-order valence-corrected chi connectivity index (χ4v) is 5.41. The lowest BCUT2D eigenvalue weighted by atomic mass is 10.2. The molecule has 1 saturated carbocycles. The Morgan fingerprint density at radius 3 is 2.18 bits per heavy atom. The van der Waals surface area contributed by atoms with Crippen LogP contribution in [0.15, 0.2) is 53.4 Å². The monoisotopic (exact) mass is 418 g/mol. The Bertz CT molecular complexity index is 1030. The number of sulfonamides is 1. The number of benzene rings is 2. The number of imide groups is 1. The number of anilines is 1. The lowest BCUT2D eigenvalue weighted by molar-refractivity contribution is -0.122. The number of hydrogen-bond donors (Lipinski definition) is 0. The molecule has 2 aliphatic rings. The van der Waals surface area contributed by atoms with Crippen molar-refractivity contribution in [2.24, 2.45) is 0 Å². The van der Waals surface area contributed by atoms with Crippen LogP contribution in [0.1, 0.15) is 24.8 Å². The van der Waals surface area contributed by atoms with Gasteiger partial charge < -0.3 is 0 Å². The van der Waals surface area contributed by atoms with E-state index in [-0.39, 0.29) is 17.4 Å². The Morgan fingerprint density at radius 2 is 1.61 bits per heavy atom. The number of carbonyl (C=O) groups is 2. The quantitative estimate of drug-likeness (QED) is 0.699. The zero-order valence-corrected chi connectivity index (χ0v) is 16.8. The van der Waals surface area contributed by atoms with Gasteiger partial charge in [-0.15, -0.1) is 0 Å². The van der Waals surface area contributed by atoms with Gasteiger partial charge in [-0.05, 0) is 56.2 Å². The number of hydrogen-bond acceptors (Lipinski definition) is 4. The zero-order chi connectivity index (χ0) is 20.1. The molecule has 1 aliphatic carbocycles. The highest BCUT2D eigenvalue weighted by Crippen LogP contribution is 2.38. The van der Waals surface area contributed by atoms with Crippen LogP contribution in [0.2, 0.25) is 5.02 Å². The maximum Gasteiger partial charge on any atom is 0.252 e. The number of amides is 2. The normalized spacial score (nSPS) is 20.2. The summed E-state index contributed by atoms with van der Waals surface area (Å²) in [7, 11) is -3.93. The van der Waals surface area contributed by atoms with Gasteiger partial charge in [0.1, 0.15) is 6.04 Å². The van der Waals surface area contributed by atoms with Crippen LogP contribution < -0.4 is 4.90 Å². The van der Waals surface area contributed by atoms with E-state index in [0.717, 1.165) is 10.5 Å². The van der Waals surface area contributed by atoms with Crippen LogP contribution in [0.5, 0.6) is 0 Å². The lowest BCUT2D eigenvalue weighted by Crippen LogP contribution is -2.46. The molecule has 2 amide bonds. The summed E-state index contributed by atoms with van der Waals surface area (Å²) in [6.45, 7) is 1.91. The second-order valence-electron chi connectivity index (χ2n) is 7.14. The van der Waals surface area contributed by atoms with Gasteiger partial charge in [-0.25, -0.2) is 13.3 Å².